The van der Waals surface area contributed by atoms with Crippen molar-refractivity contribution in [3.05, 3.63) is 82.2 Å². The number of halogens is 1. The monoisotopic (exact) mass is 437 g/mol. The van der Waals surface area contributed by atoms with Gasteiger partial charge in [0, 0.05) is 11.8 Å². The molecule has 164 valence electrons. The summed E-state index contributed by atoms with van der Waals surface area (Å²) in [5, 5.41) is 9.40. The molecule has 0 saturated carbocycles. The third-order valence-electron chi connectivity index (χ3n) is 5.05. The van der Waals surface area contributed by atoms with Crippen molar-refractivity contribution in [2.45, 2.75) is 19.1 Å². The maximum absolute atomic E-state index is 13.2. The molecule has 0 amide bonds. The summed E-state index contributed by atoms with van der Waals surface area (Å²) in [5.41, 5.74) is 1.40. The first kappa shape index (κ1) is 21.2. The Kier molecular flexibility index (Phi) is 5.98. The van der Waals surface area contributed by atoms with Crippen LogP contribution in [0, 0.1) is 5.82 Å². The molecule has 9 heteroatoms. The van der Waals surface area contributed by atoms with E-state index >= 15 is 0 Å². The van der Waals surface area contributed by atoms with Gasteiger partial charge in [0.05, 0.1) is 38.1 Å². The number of esters is 1. The maximum atomic E-state index is 13.2. The lowest BCUT2D eigenvalue weighted by atomic mass is 10.0. The molecule has 0 saturated heterocycles. The first-order chi connectivity index (χ1) is 15.5. The van der Waals surface area contributed by atoms with Gasteiger partial charge in [-0.05, 0) is 23.8 Å². The number of aromatic nitrogens is 2. The molecule has 0 fully saturated rings. The van der Waals surface area contributed by atoms with Gasteiger partial charge in [-0.25, -0.2) is 13.9 Å². The SMILES string of the molecule is CO/C=C(\C(=O)OC)c1nn(CC2CC(c3ccc(F)cc3)=NO2)c(=O)c2ccccc12. The second kappa shape index (κ2) is 9.01. The lowest BCUT2D eigenvalue weighted by molar-refractivity contribution is -0.133. The van der Waals surface area contributed by atoms with Crippen molar-refractivity contribution in [2.24, 2.45) is 5.16 Å². The van der Waals surface area contributed by atoms with E-state index in [1.807, 2.05) is 0 Å². The Morgan fingerprint density at radius 3 is 2.59 bits per heavy atom. The smallest absolute Gasteiger partial charge is 0.343 e. The first-order valence-electron chi connectivity index (χ1n) is 9.82. The standard InChI is InChI=1S/C23H20FN3O5/c1-30-13-19(23(29)31-2)21-17-5-3-4-6-18(17)22(28)27(25-21)12-16-11-20(26-32-16)14-7-9-15(24)10-8-14/h3-10,13,16H,11-12H2,1-2H3/b19-13-. The van der Waals surface area contributed by atoms with E-state index in [0.717, 1.165) is 5.56 Å². The zero-order chi connectivity index (χ0) is 22.7. The molecule has 0 radical (unpaired) electrons. The number of fused-ring (bicyclic) bond motifs is 1. The summed E-state index contributed by atoms with van der Waals surface area (Å²) < 4.78 is 24.3. The molecule has 0 bridgehead atoms. The largest absolute Gasteiger partial charge is 0.503 e. The molecule has 0 spiro atoms. The van der Waals surface area contributed by atoms with E-state index < -0.39 is 12.1 Å². The Hall–Kier alpha value is -4.01. The van der Waals surface area contributed by atoms with Crippen molar-refractivity contribution >= 4 is 28.0 Å². The number of ether oxygens (including phenoxy) is 2. The van der Waals surface area contributed by atoms with Crippen LogP contribution in [0.4, 0.5) is 4.39 Å². The summed E-state index contributed by atoms with van der Waals surface area (Å²) in [6.07, 6.45) is 1.19. The van der Waals surface area contributed by atoms with Crippen LogP contribution in [0.5, 0.6) is 0 Å². The Labute approximate surface area is 182 Å². The molecule has 1 aliphatic heterocycles. The van der Waals surface area contributed by atoms with Crippen LogP contribution in [0.15, 0.2) is 64.7 Å². The van der Waals surface area contributed by atoms with E-state index in [4.69, 9.17) is 14.3 Å². The van der Waals surface area contributed by atoms with Gasteiger partial charge in [0.1, 0.15) is 17.1 Å². The number of methoxy groups -OCH3 is 2. The summed E-state index contributed by atoms with van der Waals surface area (Å²) in [5.74, 6) is -0.983. The number of rotatable bonds is 6. The van der Waals surface area contributed by atoms with Crippen molar-refractivity contribution in [3.63, 3.8) is 0 Å². The molecule has 1 unspecified atom stereocenters. The molecule has 0 aliphatic carbocycles. The van der Waals surface area contributed by atoms with Crippen LogP contribution in [0.3, 0.4) is 0 Å². The number of oxime groups is 1. The molecule has 2 heterocycles. The highest BCUT2D eigenvalue weighted by Crippen LogP contribution is 2.23. The zero-order valence-electron chi connectivity index (χ0n) is 17.4. The van der Waals surface area contributed by atoms with Crippen LogP contribution in [-0.4, -0.2) is 41.8 Å². The number of carbonyl (C=O) groups excluding carboxylic acids is 1. The summed E-state index contributed by atoms with van der Waals surface area (Å²) in [4.78, 5) is 30.9. The average Bonchev–Trinajstić information content (AvgIpc) is 3.28. The molecule has 1 aromatic heterocycles. The summed E-state index contributed by atoms with van der Waals surface area (Å²) >= 11 is 0. The number of hydrogen-bond donors (Lipinski definition) is 0. The summed E-state index contributed by atoms with van der Waals surface area (Å²) in [6, 6.07) is 12.8. The molecule has 8 nitrogen and oxygen atoms in total. The van der Waals surface area contributed by atoms with Crippen LogP contribution in [0.1, 0.15) is 17.7 Å². The quantitative estimate of drug-likeness (QED) is 0.335. The first-order valence-corrected chi connectivity index (χ1v) is 9.82. The maximum Gasteiger partial charge on any atom is 0.343 e. The van der Waals surface area contributed by atoms with Gasteiger partial charge in [-0.15, -0.1) is 0 Å². The van der Waals surface area contributed by atoms with Crippen molar-refractivity contribution in [1.29, 1.82) is 0 Å². The average molecular weight is 437 g/mol. The molecule has 3 aromatic rings. The van der Waals surface area contributed by atoms with E-state index in [1.54, 1.807) is 36.4 Å². The van der Waals surface area contributed by atoms with Gasteiger partial charge < -0.3 is 14.3 Å². The highest BCUT2D eigenvalue weighted by molar-refractivity contribution is 6.18. The fourth-order valence-corrected chi connectivity index (χ4v) is 3.52. The van der Waals surface area contributed by atoms with Gasteiger partial charge >= 0.3 is 5.97 Å². The Morgan fingerprint density at radius 2 is 1.91 bits per heavy atom. The van der Waals surface area contributed by atoms with E-state index in [-0.39, 0.29) is 29.2 Å². The highest BCUT2D eigenvalue weighted by atomic mass is 19.1. The Balaban J connectivity index is 1.69. The van der Waals surface area contributed by atoms with Gasteiger partial charge in [0.15, 0.2) is 6.10 Å². The molecule has 4 rings (SSSR count). The minimum atomic E-state index is -0.645. The second-order valence-corrected chi connectivity index (χ2v) is 7.12. The van der Waals surface area contributed by atoms with Crippen LogP contribution in [-0.2, 0) is 25.7 Å². The van der Waals surface area contributed by atoms with E-state index in [9.17, 15) is 14.0 Å². The van der Waals surface area contributed by atoms with E-state index in [2.05, 4.69) is 10.3 Å². The van der Waals surface area contributed by atoms with Crippen molar-refractivity contribution in [2.75, 3.05) is 14.2 Å². The van der Waals surface area contributed by atoms with Gasteiger partial charge in [0.25, 0.3) is 5.56 Å². The topological polar surface area (TPSA) is 92.0 Å². The number of carbonyl (C=O) groups is 1. The molecule has 2 aromatic carbocycles. The van der Waals surface area contributed by atoms with E-state index in [0.29, 0.717) is 22.9 Å². The van der Waals surface area contributed by atoms with Gasteiger partial charge in [-0.1, -0.05) is 35.5 Å². The molecular formula is C23H20FN3O5. The summed E-state index contributed by atoms with van der Waals surface area (Å²) in [7, 11) is 2.66. The fourth-order valence-electron chi connectivity index (χ4n) is 3.52. The molecule has 1 aliphatic rings. The Bertz CT molecular complexity index is 1280. The van der Waals surface area contributed by atoms with Crippen LogP contribution >= 0.6 is 0 Å². The van der Waals surface area contributed by atoms with Gasteiger partial charge in [-0.2, -0.15) is 5.10 Å². The second-order valence-electron chi connectivity index (χ2n) is 7.12. The zero-order valence-corrected chi connectivity index (χ0v) is 17.4. The molecular weight excluding hydrogens is 417 g/mol. The number of nitrogens with zero attached hydrogens (tertiary/aromatic N) is 3. The lowest BCUT2D eigenvalue weighted by Crippen LogP contribution is -2.30. The summed E-state index contributed by atoms with van der Waals surface area (Å²) in [6.45, 7) is 0.103. The highest BCUT2D eigenvalue weighted by Gasteiger charge is 2.26. The van der Waals surface area contributed by atoms with Crippen LogP contribution in [0.25, 0.3) is 16.3 Å². The lowest BCUT2D eigenvalue weighted by Gasteiger charge is -2.14. The Morgan fingerprint density at radius 1 is 1.19 bits per heavy atom. The van der Waals surface area contributed by atoms with Crippen LogP contribution in [0.2, 0.25) is 0 Å². The van der Waals surface area contributed by atoms with E-state index in [1.165, 1.54) is 37.3 Å². The van der Waals surface area contributed by atoms with Crippen LogP contribution < -0.4 is 5.56 Å². The third kappa shape index (κ3) is 4.09. The van der Waals surface area contributed by atoms with Crippen molar-refractivity contribution in [3.8, 4) is 0 Å². The molecule has 32 heavy (non-hydrogen) atoms. The fraction of sp³-hybridized carbons (Fsp3) is 0.217. The number of hydrogen-bond acceptors (Lipinski definition) is 7. The van der Waals surface area contributed by atoms with Crippen molar-refractivity contribution in [1.82, 2.24) is 9.78 Å². The molecule has 0 N–H and O–H groups in total. The normalized spacial score (nSPS) is 15.9. The molecule has 1 atom stereocenters. The number of benzene rings is 2. The third-order valence-corrected chi connectivity index (χ3v) is 5.05. The predicted molar refractivity (Wildman–Crippen MR) is 115 cm³/mol. The van der Waals surface area contributed by atoms with Crippen molar-refractivity contribution < 1.29 is 23.5 Å². The van der Waals surface area contributed by atoms with Gasteiger partial charge in [0.2, 0.25) is 0 Å². The predicted octanol–water partition coefficient (Wildman–Crippen LogP) is 2.89. The van der Waals surface area contributed by atoms with Gasteiger partial charge in [-0.3, -0.25) is 4.79 Å². The minimum Gasteiger partial charge on any atom is -0.503 e. The minimum absolute atomic E-state index is 0.0792.